The number of methoxy groups -OCH3 is 2. The van der Waals surface area contributed by atoms with Crippen LogP contribution in [0.4, 0.5) is 0 Å². The molecule has 21 heavy (non-hydrogen) atoms. The zero-order valence-corrected chi connectivity index (χ0v) is 13.1. The van der Waals surface area contributed by atoms with E-state index in [1.165, 1.54) is 5.56 Å². The number of hydrogen-bond acceptors (Lipinski definition) is 4. The third-order valence-corrected chi connectivity index (χ3v) is 4.67. The van der Waals surface area contributed by atoms with Gasteiger partial charge in [-0.15, -0.1) is 0 Å². The van der Waals surface area contributed by atoms with Crippen molar-refractivity contribution < 1.29 is 14.2 Å². The molecule has 116 valence electrons. The number of fused-ring (bicyclic) bond motifs is 1. The van der Waals surface area contributed by atoms with Gasteiger partial charge in [-0.2, -0.15) is 0 Å². The minimum atomic E-state index is -0.0640. The van der Waals surface area contributed by atoms with Crippen molar-refractivity contribution in [2.75, 3.05) is 20.8 Å². The molecule has 1 heterocycles. The first-order valence-corrected chi connectivity index (χ1v) is 7.83. The van der Waals surface area contributed by atoms with Crippen LogP contribution in [0.2, 0.25) is 0 Å². The second kappa shape index (κ2) is 5.85. The van der Waals surface area contributed by atoms with Gasteiger partial charge in [0.2, 0.25) is 0 Å². The van der Waals surface area contributed by atoms with Crippen LogP contribution >= 0.6 is 0 Å². The SMILES string of the molecule is CCCNC1CC2(CC(OC)C2)Oc2cc(OC)ccc21. The fourth-order valence-corrected chi connectivity index (χ4v) is 3.46. The lowest BCUT2D eigenvalue weighted by molar-refractivity contribution is -0.126. The van der Waals surface area contributed by atoms with Crippen LogP contribution in [0.3, 0.4) is 0 Å². The van der Waals surface area contributed by atoms with Gasteiger partial charge in [0, 0.05) is 44.0 Å². The van der Waals surface area contributed by atoms with E-state index >= 15 is 0 Å². The monoisotopic (exact) mass is 291 g/mol. The standard InChI is InChI=1S/C17H25NO3/c1-4-7-18-15-11-17(9-13(10-17)20-3)21-16-8-12(19-2)5-6-14(15)16/h5-6,8,13,15,18H,4,7,9-11H2,1-3H3. The van der Waals surface area contributed by atoms with E-state index in [1.807, 2.05) is 12.1 Å². The van der Waals surface area contributed by atoms with Crippen molar-refractivity contribution in [1.82, 2.24) is 5.32 Å². The normalized spacial score (nSPS) is 30.4. The first-order chi connectivity index (χ1) is 10.2. The summed E-state index contributed by atoms with van der Waals surface area (Å²) in [7, 11) is 3.47. The Morgan fingerprint density at radius 3 is 2.76 bits per heavy atom. The average molecular weight is 291 g/mol. The van der Waals surface area contributed by atoms with Gasteiger partial charge < -0.3 is 19.5 Å². The topological polar surface area (TPSA) is 39.7 Å². The first kappa shape index (κ1) is 14.7. The van der Waals surface area contributed by atoms with Crippen molar-refractivity contribution in [3.8, 4) is 11.5 Å². The molecule has 0 amide bonds. The Morgan fingerprint density at radius 1 is 1.29 bits per heavy atom. The highest BCUT2D eigenvalue weighted by atomic mass is 16.5. The summed E-state index contributed by atoms with van der Waals surface area (Å²) in [5, 5.41) is 3.66. The predicted octanol–water partition coefficient (Wildman–Crippen LogP) is 3.07. The van der Waals surface area contributed by atoms with Gasteiger partial charge in [0.15, 0.2) is 0 Å². The molecule has 1 aliphatic carbocycles. The van der Waals surface area contributed by atoms with E-state index in [0.29, 0.717) is 12.1 Å². The van der Waals surface area contributed by atoms with Crippen molar-refractivity contribution in [2.24, 2.45) is 0 Å². The molecule has 1 aromatic carbocycles. The summed E-state index contributed by atoms with van der Waals surface area (Å²) in [5.41, 5.74) is 1.18. The van der Waals surface area contributed by atoms with Crippen LogP contribution in [-0.4, -0.2) is 32.5 Å². The summed E-state index contributed by atoms with van der Waals surface area (Å²) in [6.07, 6.45) is 4.45. The quantitative estimate of drug-likeness (QED) is 0.905. The van der Waals surface area contributed by atoms with E-state index in [2.05, 4.69) is 18.3 Å². The van der Waals surface area contributed by atoms with E-state index in [0.717, 1.165) is 43.7 Å². The molecule has 0 radical (unpaired) electrons. The lowest BCUT2D eigenvalue weighted by Gasteiger charge is -2.51. The molecule has 0 bridgehead atoms. The Labute approximate surface area is 126 Å². The minimum Gasteiger partial charge on any atom is -0.497 e. The molecule has 3 rings (SSSR count). The van der Waals surface area contributed by atoms with Gasteiger partial charge in [0.1, 0.15) is 17.1 Å². The van der Waals surface area contributed by atoms with E-state index in [-0.39, 0.29) is 5.60 Å². The van der Waals surface area contributed by atoms with Crippen LogP contribution in [0.1, 0.15) is 44.2 Å². The maximum Gasteiger partial charge on any atom is 0.128 e. The third kappa shape index (κ3) is 2.74. The Bertz CT molecular complexity index is 497. The summed E-state index contributed by atoms with van der Waals surface area (Å²) in [4.78, 5) is 0. The predicted molar refractivity (Wildman–Crippen MR) is 82.0 cm³/mol. The second-order valence-electron chi connectivity index (χ2n) is 6.17. The number of hydrogen-bond donors (Lipinski definition) is 1. The Balaban J connectivity index is 1.85. The third-order valence-electron chi connectivity index (χ3n) is 4.67. The van der Waals surface area contributed by atoms with Gasteiger partial charge >= 0.3 is 0 Å². The molecule has 1 saturated carbocycles. The van der Waals surface area contributed by atoms with Gasteiger partial charge in [-0.05, 0) is 19.0 Å². The van der Waals surface area contributed by atoms with Crippen LogP contribution in [0, 0.1) is 0 Å². The molecule has 2 aliphatic rings. The van der Waals surface area contributed by atoms with Crippen molar-refractivity contribution >= 4 is 0 Å². The van der Waals surface area contributed by atoms with E-state index in [9.17, 15) is 0 Å². The van der Waals surface area contributed by atoms with Gasteiger partial charge in [-0.3, -0.25) is 0 Å². The molecule has 0 aromatic heterocycles. The van der Waals surface area contributed by atoms with Crippen LogP contribution in [0.25, 0.3) is 0 Å². The Kier molecular flexibility index (Phi) is 4.09. The van der Waals surface area contributed by atoms with Crippen LogP contribution in [0.15, 0.2) is 18.2 Å². The van der Waals surface area contributed by atoms with E-state index in [1.54, 1.807) is 14.2 Å². The van der Waals surface area contributed by atoms with Crippen molar-refractivity contribution in [3.63, 3.8) is 0 Å². The maximum absolute atomic E-state index is 6.34. The first-order valence-electron chi connectivity index (χ1n) is 7.83. The van der Waals surface area contributed by atoms with Gasteiger partial charge in [-0.25, -0.2) is 0 Å². The second-order valence-corrected chi connectivity index (χ2v) is 6.17. The van der Waals surface area contributed by atoms with Gasteiger partial charge in [-0.1, -0.05) is 13.0 Å². The molecular formula is C17H25NO3. The number of nitrogens with one attached hydrogen (secondary N) is 1. The van der Waals surface area contributed by atoms with Gasteiger partial charge in [0.25, 0.3) is 0 Å². The zero-order chi connectivity index (χ0) is 14.9. The smallest absolute Gasteiger partial charge is 0.128 e. The Hall–Kier alpha value is -1.26. The zero-order valence-electron chi connectivity index (χ0n) is 13.1. The molecule has 1 aliphatic heterocycles. The van der Waals surface area contributed by atoms with E-state index in [4.69, 9.17) is 14.2 Å². The molecule has 1 unspecified atom stereocenters. The lowest BCUT2D eigenvalue weighted by Crippen LogP contribution is -2.56. The molecule has 0 saturated heterocycles. The molecule has 4 heteroatoms. The summed E-state index contributed by atoms with van der Waals surface area (Å²) in [6, 6.07) is 6.51. The summed E-state index contributed by atoms with van der Waals surface area (Å²) >= 11 is 0. The summed E-state index contributed by atoms with van der Waals surface area (Å²) in [5.74, 6) is 1.81. The van der Waals surface area contributed by atoms with E-state index < -0.39 is 0 Å². The highest BCUT2D eigenvalue weighted by Gasteiger charge is 2.51. The van der Waals surface area contributed by atoms with Crippen LogP contribution < -0.4 is 14.8 Å². The number of rotatable bonds is 5. The minimum absolute atomic E-state index is 0.0640. The lowest BCUT2D eigenvalue weighted by atomic mass is 9.71. The highest BCUT2D eigenvalue weighted by molar-refractivity contribution is 5.45. The molecule has 1 aromatic rings. The van der Waals surface area contributed by atoms with Crippen LogP contribution in [0.5, 0.6) is 11.5 Å². The molecule has 1 fully saturated rings. The van der Waals surface area contributed by atoms with Crippen molar-refractivity contribution in [2.45, 2.75) is 50.4 Å². The fraction of sp³-hybridized carbons (Fsp3) is 0.647. The van der Waals surface area contributed by atoms with Crippen LogP contribution in [-0.2, 0) is 4.74 Å². The average Bonchev–Trinajstić information content (AvgIpc) is 2.49. The number of ether oxygens (including phenoxy) is 3. The highest BCUT2D eigenvalue weighted by Crippen LogP contribution is 2.50. The fourth-order valence-electron chi connectivity index (χ4n) is 3.46. The molecule has 1 N–H and O–H groups in total. The Morgan fingerprint density at radius 2 is 2.10 bits per heavy atom. The van der Waals surface area contributed by atoms with Crippen molar-refractivity contribution in [1.29, 1.82) is 0 Å². The number of benzene rings is 1. The maximum atomic E-state index is 6.34. The molecule has 1 atom stereocenters. The van der Waals surface area contributed by atoms with Crippen molar-refractivity contribution in [3.05, 3.63) is 23.8 Å². The van der Waals surface area contributed by atoms with Gasteiger partial charge in [0.05, 0.1) is 13.2 Å². The largest absolute Gasteiger partial charge is 0.497 e. The summed E-state index contributed by atoms with van der Waals surface area (Å²) in [6.45, 7) is 3.22. The molecule has 4 nitrogen and oxygen atoms in total. The molecule has 1 spiro atoms. The summed E-state index contributed by atoms with van der Waals surface area (Å²) < 4.78 is 17.1. The molecular weight excluding hydrogens is 266 g/mol.